The molecule has 16 heavy (non-hydrogen) atoms. The minimum atomic E-state index is -0.855. The van der Waals surface area contributed by atoms with Gasteiger partial charge < -0.3 is 15.2 Å². The number of hydrogen-bond donors (Lipinski definition) is 2. The first kappa shape index (κ1) is 12.5. The molecular formula is C12H17NO3. The molecule has 0 aliphatic heterocycles. The molecule has 0 atom stereocenters. The minimum absolute atomic E-state index is 0.0316. The molecule has 4 nitrogen and oxygen atoms in total. The van der Waals surface area contributed by atoms with Gasteiger partial charge in [-0.3, -0.25) is 4.79 Å². The number of carboxylic acid groups (broad SMARTS) is 1. The summed E-state index contributed by atoms with van der Waals surface area (Å²) in [5.41, 5.74) is 2.32. The van der Waals surface area contributed by atoms with Crippen LogP contribution in [0.4, 0.5) is 0 Å². The zero-order chi connectivity index (χ0) is 12.0. The largest absolute Gasteiger partial charge is 0.492 e. The Labute approximate surface area is 95.2 Å². The molecule has 0 heterocycles. The molecule has 0 aliphatic carbocycles. The van der Waals surface area contributed by atoms with Crippen LogP contribution in [0.2, 0.25) is 0 Å². The number of aryl methyl sites for hydroxylation is 1. The summed E-state index contributed by atoms with van der Waals surface area (Å²) in [6.45, 7) is 5.01. The number of aliphatic carboxylic acids is 1. The van der Waals surface area contributed by atoms with Crippen LogP contribution >= 0.6 is 0 Å². The molecule has 4 heteroatoms. The van der Waals surface area contributed by atoms with Gasteiger partial charge in [-0.25, -0.2) is 0 Å². The Morgan fingerprint density at radius 2 is 2.19 bits per heavy atom. The first-order valence-corrected chi connectivity index (χ1v) is 5.23. The van der Waals surface area contributed by atoms with E-state index in [2.05, 4.69) is 5.32 Å². The van der Waals surface area contributed by atoms with Crippen molar-refractivity contribution < 1.29 is 14.6 Å². The number of carbonyl (C=O) groups is 1. The summed E-state index contributed by atoms with van der Waals surface area (Å²) < 4.78 is 5.54. The molecule has 1 aromatic rings. The molecule has 0 bridgehead atoms. The molecule has 0 unspecified atom stereocenters. The number of benzene rings is 1. The summed E-state index contributed by atoms with van der Waals surface area (Å²) in [7, 11) is 0. The fraction of sp³-hybridized carbons (Fsp3) is 0.417. The van der Waals surface area contributed by atoms with Gasteiger partial charge in [-0.05, 0) is 31.0 Å². The number of ether oxygens (including phenoxy) is 1. The van der Waals surface area contributed by atoms with Gasteiger partial charge >= 0.3 is 5.97 Å². The van der Waals surface area contributed by atoms with E-state index in [1.807, 2.05) is 32.0 Å². The van der Waals surface area contributed by atoms with Crippen molar-refractivity contribution in [3.05, 3.63) is 29.3 Å². The second kappa shape index (κ2) is 6.12. The highest BCUT2D eigenvalue weighted by atomic mass is 16.5. The van der Waals surface area contributed by atoms with Crippen LogP contribution in [-0.2, 0) is 4.79 Å². The van der Waals surface area contributed by atoms with Gasteiger partial charge in [0.2, 0.25) is 0 Å². The van der Waals surface area contributed by atoms with E-state index in [0.29, 0.717) is 13.2 Å². The van der Waals surface area contributed by atoms with E-state index in [0.717, 1.165) is 11.3 Å². The SMILES string of the molecule is Cc1cccc(OCCNCC(=O)O)c1C. The molecule has 2 N–H and O–H groups in total. The van der Waals surface area contributed by atoms with Crippen LogP contribution in [0.1, 0.15) is 11.1 Å². The van der Waals surface area contributed by atoms with E-state index in [1.165, 1.54) is 5.56 Å². The monoisotopic (exact) mass is 223 g/mol. The van der Waals surface area contributed by atoms with Crippen LogP contribution in [-0.4, -0.2) is 30.8 Å². The predicted molar refractivity (Wildman–Crippen MR) is 61.9 cm³/mol. The summed E-state index contributed by atoms with van der Waals surface area (Å²) in [5, 5.41) is 11.2. The summed E-state index contributed by atoms with van der Waals surface area (Å²) in [4.78, 5) is 10.2. The van der Waals surface area contributed by atoms with Crippen LogP contribution in [0.3, 0.4) is 0 Å². The molecule has 0 aliphatic rings. The van der Waals surface area contributed by atoms with Crippen molar-refractivity contribution in [2.45, 2.75) is 13.8 Å². The van der Waals surface area contributed by atoms with E-state index < -0.39 is 5.97 Å². The van der Waals surface area contributed by atoms with Crippen LogP contribution in [0, 0.1) is 13.8 Å². The van der Waals surface area contributed by atoms with E-state index in [-0.39, 0.29) is 6.54 Å². The van der Waals surface area contributed by atoms with Crippen LogP contribution in [0.5, 0.6) is 5.75 Å². The van der Waals surface area contributed by atoms with Gasteiger partial charge in [0.05, 0.1) is 6.54 Å². The van der Waals surface area contributed by atoms with Gasteiger partial charge in [-0.15, -0.1) is 0 Å². The van der Waals surface area contributed by atoms with E-state index in [1.54, 1.807) is 0 Å². The van der Waals surface area contributed by atoms with E-state index >= 15 is 0 Å². The van der Waals surface area contributed by atoms with Gasteiger partial charge in [-0.2, -0.15) is 0 Å². The zero-order valence-corrected chi connectivity index (χ0v) is 9.62. The number of carboxylic acids is 1. The maximum absolute atomic E-state index is 10.2. The fourth-order valence-corrected chi connectivity index (χ4v) is 1.31. The average molecular weight is 223 g/mol. The van der Waals surface area contributed by atoms with Crippen LogP contribution in [0.25, 0.3) is 0 Å². The molecule has 1 aromatic carbocycles. The quantitative estimate of drug-likeness (QED) is 0.715. The van der Waals surface area contributed by atoms with Crippen molar-refractivity contribution in [1.29, 1.82) is 0 Å². The van der Waals surface area contributed by atoms with Gasteiger partial charge in [-0.1, -0.05) is 12.1 Å². The standard InChI is InChI=1S/C12H17NO3/c1-9-4-3-5-11(10(9)2)16-7-6-13-8-12(14)15/h3-5,13H,6-8H2,1-2H3,(H,14,15). The highest BCUT2D eigenvalue weighted by Gasteiger charge is 2.01. The Hall–Kier alpha value is -1.55. The fourth-order valence-electron chi connectivity index (χ4n) is 1.31. The van der Waals surface area contributed by atoms with Gasteiger partial charge in [0.1, 0.15) is 12.4 Å². The number of hydrogen-bond acceptors (Lipinski definition) is 3. The molecule has 0 saturated carbocycles. The first-order chi connectivity index (χ1) is 7.61. The Morgan fingerprint density at radius 3 is 2.88 bits per heavy atom. The summed E-state index contributed by atoms with van der Waals surface area (Å²) in [5.74, 6) is 0.00358. The highest BCUT2D eigenvalue weighted by molar-refractivity contribution is 5.68. The predicted octanol–water partition coefficient (Wildman–Crippen LogP) is 1.36. The topological polar surface area (TPSA) is 58.6 Å². The maximum Gasteiger partial charge on any atom is 0.317 e. The van der Waals surface area contributed by atoms with Gasteiger partial charge in [0.25, 0.3) is 0 Å². The lowest BCUT2D eigenvalue weighted by Gasteiger charge is -2.10. The third-order valence-electron chi connectivity index (χ3n) is 2.37. The summed E-state index contributed by atoms with van der Waals surface area (Å²) in [6.07, 6.45) is 0. The van der Waals surface area contributed by atoms with Crippen LogP contribution < -0.4 is 10.1 Å². The third kappa shape index (κ3) is 3.90. The smallest absolute Gasteiger partial charge is 0.317 e. The van der Waals surface area contributed by atoms with Gasteiger partial charge in [0, 0.05) is 6.54 Å². The summed E-state index contributed by atoms with van der Waals surface area (Å²) in [6, 6.07) is 5.90. The Morgan fingerprint density at radius 1 is 1.44 bits per heavy atom. The molecule has 88 valence electrons. The maximum atomic E-state index is 10.2. The molecule has 0 aromatic heterocycles. The van der Waals surface area contributed by atoms with Gasteiger partial charge in [0.15, 0.2) is 0 Å². The van der Waals surface area contributed by atoms with Crippen molar-refractivity contribution in [3.8, 4) is 5.75 Å². The number of rotatable bonds is 6. The average Bonchev–Trinajstić information content (AvgIpc) is 2.23. The number of nitrogens with one attached hydrogen (secondary N) is 1. The molecule has 0 amide bonds. The summed E-state index contributed by atoms with van der Waals surface area (Å²) >= 11 is 0. The highest BCUT2D eigenvalue weighted by Crippen LogP contribution is 2.20. The Bertz CT molecular complexity index is 363. The van der Waals surface area contributed by atoms with E-state index in [9.17, 15) is 4.79 Å². The van der Waals surface area contributed by atoms with Crippen molar-refractivity contribution in [2.24, 2.45) is 0 Å². The molecule has 0 spiro atoms. The van der Waals surface area contributed by atoms with Crippen molar-refractivity contribution in [2.75, 3.05) is 19.7 Å². The lowest BCUT2D eigenvalue weighted by molar-refractivity contribution is -0.135. The lowest BCUT2D eigenvalue weighted by Crippen LogP contribution is -2.27. The second-order valence-corrected chi connectivity index (χ2v) is 3.62. The molecule has 0 fully saturated rings. The normalized spacial score (nSPS) is 10.1. The Balaban J connectivity index is 2.32. The molecule has 0 saturated heterocycles. The van der Waals surface area contributed by atoms with Crippen molar-refractivity contribution in [1.82, 2.24) is 5.32 Å². The van der Waals surface area contributed by atoms with E-state index in [4.69, 9.17) is 9.84 Å². The van der Waals surface area contributed by atoms with Crippen molar-refractivity contribution >= 4 is 5.97 Å². The molecule has 0 radical (unpaired) electrons. The van der Waals surface area contributed by atoms with Crippen molar-refractivity contribution in [3.63, 3.8) is 0 Å². The first-order valence-electron chi connectivity index (χ1n) is 5.23. The molecular weight excluding hydrogens is 206 g/mol. The molecule has 1 rings (SSSR count). The second-order valence-electron chi connectivity index (χ2n) is 3.62. The zero-order valence-electron chi connectivity index (χ0n) is 9.62. The van der Waals surface area contributed by atoms with Crippen LogP contribution in [0.15, 0.2) is 18.2 Å². The third-order valence-corrected chi connectivity index (χ3v) is 2.37. The lowest BCUT2D eigenvalue weighted by atomic mass is 10.1. The minimum Gasteiger partial charge on any atom is -0.492 e. The Kier molecular flexibility index (Phi) is 4.79.